The van der Waals surface area contributed by atoms with E-state index in [0.717, 1.165) is 24.8 Å². The van der Waals surface area contributed by atoms with Gasteiger partial charge in [-0.05, 0) is 42.4 Å². The lowest BCUT2D eigenvalue weighted by atomic mass is 9.86. The van der Waals surface area contributed by atoms with Gasteiger partial charge in [-0.15, -0.1) is 0 Å². The average molecular weight is 249 g/mol. The van der Waals surface area contributed by atoms with Gasteiger partial charge in [0.2, 0.25) is 0 Å². The summed E-state index contributed by atoms with van der Waals surface area (Å²) >= 11 is 0. The van der Waals surface area contributed by atoms with Crippen molar-refractivity contribution >= 4 is 5.91 Å². The fourth-order valence-corrected chi connectivity index (χ4v) is 1.98. The number of carbonyl (C=O) groups is 1. The summed E-state index contributed by atoms with van der Waals surface area (Å²) in [4.78, 5) is 11.9. The average Bonchev–Trinajstić information content (AvgIpc) is 2.21. The Morgan fingerprint density at radius 3 is 2.44 bits per heavy atom. The zero-order valence-electron chi connectivity index (χ0n) is 11.2. The van der Waals surface area contributed by atoms with Crippen LogP contribution in [0, 0.1) is 5.82 Å². The van der Waals surface area contributed by atoms with Crippen molar-refractivity contribution in [2.75, 3.05) is 0 Å². The van der Waals surface area contributed by atoms with Gasteiger partial charge in [0.15, 0.2) is 0 Å². The van der Waals surface area contributed by atoms with Crippen LogP contribution >= 0.6 is 0 Å². The first-order valence-corrected chi connectivity index (χ1v) is 6.49. The molecule has 0 aromatic heterocycles. The van der Waals surface area contributed by atoms with E-state index in [-0.39, 0.29) is 22.9 Å². The third kappa shape index (κ3) is 2.71. The molecule has 98 valence electrons. The minimum Gasteiger partial charge on any atom is -0.349 e. The minimum absolute atomic E-state index is 0.107. The van der Waals surface area contributed by atoms with Crippen molar-refractivity contribution in [2.24, 2.45) is 0 Å². The summed E-state index contributed by atoms with van der Waals surface area (Å²) in [6, 6.07) is 5.12. The number of rotatable bonds is 2. The van der Waals surface area contributed by atoms with Crippen LogP contribution in [0.1, 0.15) is 56.0 Å². The Morgan fingerprint density at radius 1 is 1.33 bits per heavy atom. The normalized spacial score (nSPS) is 16.2. The molecular weight excluding hydrogens is 229 g/mol. The quantitative estimate of drug-likeness (QED) is 0.855. The summed E-state index contributed by atoms with van der Waals surface area (Å²) in [7, 11) is 0. The Hall–Kier alpha value is -1.38. The molecule has 0 saturated heterocycles. The lowest BCUT2D eigenvalue weighted by Gasteiger charge is -2.26. The van der Waals surface area contributed by atoms with E-state index in [1.165, 1.54) is 6.07 Å². The molecule has 1 fully saturated rings. The highest BCUT2D eigenvalue weighted by molar-refractivity contribution is 5.94. The van der Waals surface area contributed by atoms with E-state index in [0.29, 0.717) is 0 Å². The Labute approximate surface area is 108 Å². The largest absolute Gasteiger partial charge is 0.349 e. The van der Waals surface area contributed by atoms with E-state index in [1.807, 2.05) is 26.8 Å². The van der Waals surface area contributed by atoms with Crippen LogP contribution in [0.3, 0.4) is 0 Å². The molecule has 1 aromatic carbocycles. The molecule has 1 saturated carbocycles. The standard InChI is InChI=1S/C15H20FNO/c1-15(2,3)10-7-8-12(13(16)9-10)14(18)17-11-5-4-6-11/h7-9,11H,4-6H2,1-3H3,(H,17,18). The molecule has 1 aromatic rings. The summed E-state index contributed by atoms with van der Waals surface area (Å²) in [6.07, 6.45) is 3.16. The van der Waals surface area contributed by atoms with Crippen molar-refractivity contribution in [3.05, 3.63) is 35.1 Å². The minimum atomic E-state index is -0.431. The maximum Gasteiger partial charge on any atom is 0.254 e. The fraction of sp³-hybridized carbons (Fsp3) is 0.533. The Morgan fingerprint density at radius 2 is 2.00 bits per heavy atom. The molecule has 1 amide bonds. The second-order valence-electron chi connectivity index (χ2n) is 6.05. The summed E-state index contributed by atoms with van der Waals surface area (Å²) in [5, 5.41) is 2.85. The maximum absolute atomic E-state index is 13.9. The Balaban J connectivity index is 2.16. The maximum atomic E-state index is 13.9. The monoisotopic (exact) mass is 249 g/mol. The molecule has 0 radical (unpaired) electrons. The molecule has 0 aliphatic heterocycles. The van der Waals surface area contributed by atoms with Gasteiger partial charge in [0.1, 0.15) is 5.82 Å². The van der Waals surface area contributed by atoms with Crippen LogP contribution in [0.2, 0.25) is 0 Å². The molecular formula is C15H20FNO. The Bertz CT molecular complexity index is 458. The van der Waals surface area contributed by atoms with Gasteiger partial charge in [-0.1, -0.05) is 26.8 Å². The number of hydrogen-bond donors (Lipinski definition) is 1. The van der Waals surface area contributed by atoms with Gasteiger partial charge in [-0.25, -0.2) is 4.39 Å². The zero-order chi connectivity index (χ0) is 13.3. The van der Waals surface area contributed by atoms with Crippen molar-refractivity contribution in [2.45, 2.75) is 51.5 Å². The molecule has 0 spiro atoms. The van der Waals surface area contributed by atoms with Crippen molar-refractivity contribution in [1.82, 2.24) is 5.32 Å². The molecule has 1 aliphatic rings. The predicted octanol–water partition coefficient (Wildman–Crippen LogP) is 3.41. The summed E-state index contributed by atoms with van der Waals surface area (Å²) in [6.45, 7) is 6.07. The van der Waals surface area contributed by atoms with E-state index in [1.54, 1.807) is 6.07 Å². The molecule has 2 rings (SSSR count). The van der Waals surface area contributed by atoms with Gasteiger partial charge < -0.3 is 5.32 Å². The van der Waals surface area contributed by atoms with Gasteiger partial charge in [0.05, 0.1) is 5.56 Å². The van der Waals surface area contributed by atoms with Crippen LogP contribution in [0.4, 0.5) is 4.39 Å². The van der Waals surface area contributed by atoms with Crippen LogP contribution in [0.25, 0.3) is 0 Å². The van der Waals surface area contributed by atoms with Gasteiger partial charge in [0, 0.05) is 6.04 Å². The van der Waals surface area contributed by atoms with Crippen LogP contribution in [-0.4, -0.2) is 11.9 Å². The molecule has 0 unspecified atom stereocenters. The summed E-state index contributed by atoms with van der Waals surface area (Å²) in [5.74, 6) is -0.725. The lowest BCUT2D eigenvalue weighted by Crippen LogP contribution is -2.39. The molecule has 0 atom stereocenters. The molecule has 0 heterocycles. The van der Waals surface area contributed by atoms with E-state index in [9.17, 15) is 9.18 Å². The number of amides is 1. The summed E-state index contributed by atoms with van der Waals surface area (Å²) < 4.78 is 13.9. The number of benzene rings is 1. The van der Waals surface area contributed by atoms with E-state index in [4.69, 9.17) is 0 Å². The van der Waals surface area contributed by atoms with E-state index < -0.39 is 5.82 Å². The highest BCUT2D eigenvalue weighted by Gasteiger charge is 2.23. The topological polar surface area (TPSA) is 29.1 Å². The molecule has 3 heteroatoms. The van der Waals surface area contributed by atoms with E-state index >= 15 is 0 Å². The molecule has 1 N–H and O–H groups in total. The summed E-state index contributed by atoms with van der Waals surface area (Å²) in [5.41, 5.74) is 0.944. The van der Waals surface area contributed by atoms with Crippen molar-refractivity contribution < 1.29 is 9.18 Å². The SMILES string of the molecule is CC(C)(C)c1ccc(C(=O)NC2CCC2)c(F)c1. The second kappa shape index (κ2) is 4.71. The molecule has 2 nitrogen and oxygen atoms in total. The van der Waals surface area contributed by atoms with Crippen LogP contribution < -0.4 is 5.32 Å². The first kappa shape index (κ1) is 13.1. The third-order valence-electron chi connectivity index (χ3n) is 3.52. The predicted molar refractivity (Wildman–Crippen MR) is 70.2 cm³/mol. The van der Waals surface area contributed by atoms with Gasteiger partial charge in [-0.3, -0.25) is 4.79 Å². The van der Waals surface area contributed by atoms with Crippen LogP contribution in [0.15, 0.2) is 18.2 Å². The molecule has 0 bridgehead atoms. The van der Waals surface area contributed by atoms with Gasteiger partial charge in [-0.2, -0.15) is 0 Å². The second-order valence-corrected chi connectivity index (χ2v) is 6.05. The highest BCUT2D eigenvalue weighted by Crippen LogP contribution is 2.24. The fourth-order valence-electron chi connectivity index (χ4n) is 1.98. The number of hydrogen-bond acceptors (Lipinski definition) is 1. The third-order valence-corrected chi connectivity index (χ3v) is 3.52. The van der Waals surface area contributed by atoms with Crippen LogP contribution in [-0.2, 0) is 5.41 Å². The smallest absolute Gasteiger partial charge is 0.254 e. The molecule has 1 aliphatic carbocycles. The first-order chi connectivity index (χ1) is 8.38. The molecule has 18 heavy (non-hydrogen) atoms. The van der Waals surface area contributed by atoms with Crippen molar-refractivity contribution in [3.63, 3.8) is 0 Å². The lowest BCUT2D eigenvalue weighted by molar-refractivity contribution is 0.0913. The zero-order valence-corrected chi connectivity index (χ0v) is 11.2. The number of carbonyl (C=O) groups excluding carboxylic acids is 1. The Kier molecular flexibility index (Phi) is 3.42. The van der Waals surface area contributed by atoms with Crippen molar-refractivity contribution in [3.8, 4) is 0 Å². The van der Waals surface area contributed by atoms with Crippen molar-refractivity contribution in [1.29, 1.82) is 0 Å². The number of halogens is 1. The van der Waals surface area contributed by atoms with Crippen LogP contribution in [0.5, 0.6) is 0 Å². The van der Waals surface area contributed by atoms with E-state index in [2.05, 4.69) is 5.32 Å². The first-order valence-electron chi connectivity index (χ1n) is 6.49. The highest BCUT2D eigenvalue weighted by atomic mass is 19.1. The van der Waals surface area contributed by atoms with Gasteiger partial charge >= 0.3 is 0 Å². The number of nitrogens with one attached hydrogen (secondary N) is 1. The van der Waals surface area contributed by atoms with Gasteiger partial charge in [0.25, 0.3) is 5.91 Å².